The molecule has 4 nitrogen and oxygen atoms in total. The van der Waals surface area contributed by atoms with E-state index in [0.29, 0.717) is 4.46 Å². The van der Waals surface area contributed by atoms with E-state index in [-0.39, 0.29) is 0 Å². The van der Waals surface area contributed by atoms with Gasteiger partial charge < -0.3 is 10.2 Å². The first-order valence-electron chi connectivity index (χ1n) is 10.5. The fraction of sp³-hybridized carbons (Fsp3) is 0.810. The molecule has 0 radical (unpaired) electrons. The Bertz CT molecular complexity index is 354. The van der Waals surface area contributed by atoms with Crippen molar-refractivity contribution in [1.82, 2.24) is 0 Å². The van der Waals surface area contributed by atoms with Crippen LogP contribution in [0, 0.1) is 0 Å². The number of aliphatic carboxylic acids is 1. The second kappa shape index (κ2) is 22.5. The monoisotopic (exact) mass is 362 g/mol. The number of unbranched alkanes of at least 4 members (excludes halogenated alkanes) is 11. The molecule has 0 fully saturated rings. The summed E-state index contributed by atoms with van der Waals surface area (Å²) in [6, 6.07) is 0. The molecular formula is C21H39LiO4. The average molecular weight is 362 g/mol. The third-order valence-corrected chi connectivity index (χ3v) is 4.15. The minimum absolute atomic E-state index is 0.336. The fourth-order valence-electron chi connectivity index (χ4n) is 2.44. The second-order valence-corrected chi connectivity index (χ2v) is 7.05. The molecule has 0 aromatic carbocycles. The van der Waals surface area contributed by atoms with Crippen molar-refractivity contribution in [3.05, 3.63) is 12.2 Å². The molecule has 1 atom stereocenters. The summed E-state index contributed by atoms with van der Waals surface area (Å²) >= 11 is 1.69. The molecule has 148 valence electrons. The van der Waals surface area contributed by atoms with Crippen molar-refractivity contribution in [1.29, 1.82) is 0 Å². The number of carboxylic acid groups (broad SMARTS) is 1. The summed E-state index contributed by atoms with van der Waals surface area (Å²) in [5, 5.41) is 15.8. The first-order valence-corrected chi connectivity index (χ1v) is 10.5. The number of hydrogen-bond donors (Lipinski definition) is 2. The molecule has 0 saturated heterocycles. The van der Waals surface area contributed by atoms with Gasteiger partial charge in [0.05, 0.1) is 0 Å². The minimum atomic E-state index is -1.23. The summed E-state index contributed by atoms with van der Waals surface area (Å²) in [5.74, 6) is -1.19. The van der Waals surface area contributed by atoms with Gasteiger partial charge in [0.2, 0.25) is 0 Å². The van der Waals surface area contributed by atoms with E-state index in [1.165, 1.54) is 84.0 Å². The van der Waals surface area contributed by atoms with Crippen LogP contribution in [0.15, 0.2) is 12.2 Å². The summed E-state index contributed by atoms with van der Waals surface area (Å²) in [6.45, 7) is 3.47. The molecule has 0 aliphatic heterocycles. The van der Waals surface area contributed by atoms with E-state index in [0.717, 1.165) is 12.8 Å². The molecule has 0 saturated carbocycles. The zero-order valence-corrected chi connectivity index (χ0v) is 17.3. The zero-order chi connectivity index (χ0) is 20.0. The van der Waals surface area contributed by atoms with Gasteiger partial charge in [0, 0.05) is 0 Å². The normalized spacial score (nSPS) is 11.9. The van der Waals surface area contributed by atoms with Crippen LogP contribution in [-0.4, -0.2) is 44.5 Å². The number of aliphatic hydroxyl groups is 1. The Morgan fingerprint density at radius 2 is 1.23 bits per heavy atom. The van der Waals surface area contributed by atoms with Gasteiger partial charge >= 0.3 is 103 Å². The van der Waals surface area contributed by atoms with Gasteiger partial charge in [-0.15, -0.1) is 0 Å². The molecule has 0 heterocycles. The van der Waals surface area contributed by atoms with Crippen LogP contribution < -0.4 is 0 Å². The van der Waals surface area contributed by atoms with Gasteiger partial charge in [-0.1, -0.05) is 39.0 Å². The first kappa shape index (κ1) is 27.7. The molecule has 0 aromatic rings. The average Bonchev–Trinajstić information content (AvgIpc) is 2.58. The number of carbonyl (C=O) groups is 2. The first-order chi connectivity index (χ1) is 12.4. The smallest absolute Gasteiger partial charge is 0.0654 e. The number of hydrogen-bond acceptors (Lipinski definition) is 3. The Hall–Kier alpha value is -0.563. The number of carboxylic acids is 1. The predicted molar refractivity (Wildman–Crippen MR) is 110 cm³/mol. The van der Waals surface area contributed by atoms with Crippen molar-refractivity contribution in [2.24, 2.45) is 0 Å². The van der Waals surface area contributed by atoms with Gasteiger partial charge in [-0.3, -0.25) is 0 Å². The van der Waals surface area contributed by atoms with Crippen LogP contribution in [0.5, 0.6) is 0 Å². The van der Waals surface area contributed by atoms with Crippen LogP contribution in [0.25, 0.3) is 0 Å². The molecule has 5 heteroatoms. The molecule has 0 spiro atoms. The van der Waals surface area contributed by atoms with Gasteiger partial charge in [-0.05, 0) is 6.92 Å². The summed E-state index contributed by atoms with van der Waals surface area (Å²) in [4.78, 5) is 20.2. The second-order valence-electron chi connectivity index (χ2n) is 7.05. The van der Waals surface area contributed by atoms with Crippen LogP contribution in [-0.2, 0) is 9.59 Å². The Labute approximate surface area is 170 Å². The summed E-state index contributed by atoms with van der Waals surface area (Å²) in [6.07, 6.45) is 21.4. The molecule has 0 aliphatic carbocycles. The van der Waals surface area contributed by atoms with Gasteiger partial charge in [-0.2, -0.15) is 0 Å². The summed E-state index contributed by atoms with van der Waals surface area (Å²) in [5.41, 5.74) is 0. The molecule has 0 bridgehead atoms. The van der Waals surface area contributed by atoms with Crippen LogP contribution >= 0.6 is 0 Å². The van der Waals surface area contributed by atoms with E-state index >= 15 is 0 Å². The maximum absolute atomic E-state index is 10.8. The van der Waals surface area contributed by atoms with Gasteiger partial charge in [-0.25, -0.2) is 4.79 Å². The van der Waals surface area contributed by atoms with E-state index in [1.807, 2.05) is 0 Å². The number of allylic oxidation sites excluding steroid dienone is 2. The van der Waals surface area contributed by atoms with E-state index in [4.69, 9.17) is 10.2 Å². The topological polar surface area (TPSA) is 74.6 Å². The molecule has 0 amide bonds. The fourth-order valence-corrected chi connectivity index (χ4v) is 2.44. The number of rotatable bonds is 16. The van der Waals surface area contributed by atoms with Crippen molar-refractivity contribution in [2.45, 2.75) is 110 Å². The molecular weight excluding hydrogens is 323 g/mol. The molecule has 26 heavy (non-hydrogen) atoms. The van der Waals surface area contributed by atoms with Crippen molar-refractivity contribution in [3.8, 4) is 0 Å². The third-order valence-electron chi connectivity index (χ3n) is 4.15. The minimum Gasteiger partial charge on any atom is -0.0654 e. The molecule has 0 rings (SSSR count). The standard InChI is InChI=1S/C18H33O.C3H6O3.Li/c1-2-3-4-5-6-7-8-9-10-11-12-13-14-15-16-17-18-19;1-2(4)3(5)6;/h9-10H,2-8,11-17H2,1H3;2,4H,1H3,(H,5,6);/b10-9-;;. The summed E-state index contributed by atoms with van der Waals surface area (Å²) < 4.78 is 0.336. The molecule has 2 N–H and O–H groups in total. The Kier molecular flexibility index (Phi) is 23.9. The number of carbonyl (C=O) groups excluding carboxylic acids is 1. The maximum atomic E-state index is 10.8. The Morgan fingerprint density at radius 1 is 0.846 bits per heavy atom. The van der Waals surface area contributed by atoms with Crippen molar-refractivity contribution >= 4 is 28.1 Å². The third kappa shape index (κ3) is 28.2. The molecule has 0 aromatic heterocycles. The Balaban J connectivity index is 0. The number of aliphatic hydroxyl groups excluding tert-OH is 1. The van der Waals surface area contributed by atoms with E-state index < -0.39 is 12.1 Å². The predicted octanol–water partition coefficient (Wildman–Crippen LogP) is 5.17. The van der Waals surface area contributed by atoms with Crippen LogP contribution in [0.4, 0.5) is 0 Å². The van der Waals surface area contributed by atoms with Gasteiger partial charge in [0.1, 0.15) is 6.10 Å². The van der Waals surface area contributed by atoms with Crippen LogP contribution in [0.3, 0.4) is 0 Å². The Morgan fingerprint density at radius 3 is 1.62 bits per heavy atom. The SMILES string of the molecule is CC(O)C(=O)O.[Li][C](=O)CCCCCCC/C=C\CCCCCCCC. The van der Waals surface area contributed by atoms with E-state index in [9.17, 15) is 9.59 Å². The zero-order valence-electron chi connectivity index (χ0n) is 17.3. The quantitative estimate of drug-likeness (QED) is 0.226. The molecule has 1 unspecified atom stereocenters. The van der Waals surface area contributed by atoms with Crippen LogP contribution in [0.1, 0.15) is 104 Å². The van der Waals surface area contributed by atoms with Crippen LogP contribution in [0.2, 0.25) is 0 Å². The van der Waals surface area contributed by atoms with Crippen molar-refractivity contribution in [2.75, 3.05) is 0 Å². The van der Waals surface area contributed by atoms with Crippen molar-refractivity contribution in [3.63, 3.8) is 0 Å². The van der Waals surface area contributed by atoms with E-state index in [2.05, 4.69) is 19.1 Å². The molecule has 0 aliphatic rings. The van der Waals surface area contributed by atoms with Crippen molar-refractivity contribution < 1.29 is 19.8 Å². The van der Waals surface area contributed by atoms with Gasteiger partial charge in [0.25, 0.3) is 0 Å². The van der Waals surface area contributed by atoms with E-state index in [1.54, 1.807) is 17.7 Å². The summed E-state index contributed by atoms with van der Waals surface area (Å²) in [7, 11) is 0. The van der Waals surface area contributed by atoms with Gasteiger partial charge in [0.15, 0.2) is 0 Å².